The van der Waals surface area contributed by atoms with Gasteiger partial charge in [0, 0.05) is 16.6 Å². The van der Waals surface area contributed by atoms with Crippen molar-refractivity contribution in [2.45, 2.75) is 13.3 Å². The van der Waals surface area contributed by atoms with Crippen molar-refractivity contribution in [3.05, 3.63) is 64.9 Å². The SMILES string of the molecule is COC(=O)Cc1c(C)n(C(=O)c2ccc(F)c(F)c2)c2ccc(OC)cc12. The molecule has 0 amide bonds. The minimum atomic E-state index is -1.11. The number of nitrogens with zero attached hydrogens (tertiary/aromatic N) is 1. The molecule has 0 N–H and O–H groups in total. The van der Waals surface area contributed by atoms with Gasteiger partial charge in [-0.25, -0.2) is 8.78 Å². The maximum absolute atomic E-state index is 13.6. The molecule has 27 heavy (non-hydrogen) atoms. The molecule has 0 spiro atoms. The van der Waals surface area contributed by atoms with E-state index in [9.17, 15) is 18.4 Å². The number of benzene rings is 2. The Hall–Kier alpha value is -3.22. The van der Waals surface area contributed by atoms with Crippen molar-refractivity contribution >= 4 is 22.8 Å². The first-order valence-electron chi connectivity index (χ1n) is 8.11. The summed E-state index contributed by atoms with van der Waals surface area (Å²) in [6.45, 7) is 1.68. The highest BCUT2D eigenvalue weighted by Crippen LogP contribution is 2.31. The van der Waals surface area contributed by atoms with Crippen LogP contribution in [0.15, 0.2) is 36.4 Å². The molecule has 3 aromatic rings. The monoisotopic (exact) mass is 373 g/mol. The number of fused-ring (bicyclic) bond motifs is 1. The van der Waals surface area contributed by atoms with Crippen LogP contribution in [0.5, 0.6) is 5.75 Å². The third kappa shape index (κ3) is 3.28. The molecule has 1 aromatic heterocycles. The van der Waals surface area contributed by atoms with Gasteiger partial charge in [-0.05, 0) is 48.9 Å². The molecule has 1 heterocycles. The molecule has 0 aliphatic rings. The van der Waals surface area contributed by atoms with Gasteiger partial charge in [0.2, 0.25) is 0 Å². The first-order valence-corrected chi connectivity index (χ1v) is 8.11. The maximum Gasteiger partial charge on any atom is 0.310 e. The third-order valence-electron chi connectivity index (χ3n) is 4.46. The van der Waals surface area contributed by atoms with Crippen LogP contribution in [0.2, 0.25) is 0 Å². The van der Waals surface area contributed by atoms with E-state index < -0.39 is 23.5 Å². The van der Waals surface area contributed by atoms with Crippen LogP contribution >= 0.6 is 0 Å². The molecule has 7 heteroatoms. The second-order valence-corrected chi connectivity index (χ2v) is 5.97. The van der Waals surface area contributed by atoms with Crippen molar-refractivity contribution in [3.8, 4) is 5.75 Å². The number of halogens is 2. The lowest BCUT2D eigenvalue weighted by atomic mass is 10.1. The van der Waals surface area contributed by atoms with Gasteiger partial charge in [-0.15, -0.1) is 0 Å². The Balaban J connectivity index is 2.22. The van der Waals surface area contributed by atoms with Crippen LogP contribution in [0.4, 0.5) is 8.78 Å². The van der Waals surface area contributed by atoms with E-state index in [1.807, 2.05) is 0 Å². The molecule has 0 aliphatic carbocycles. The average molecular weight is 373 g/mol. The topological polar surface area (TPSA) is 57.5 Å². The third-order valence-corrected chi connectivity index (χ3v) is 4.46. The van der Waals surface area contributed by atoms with Gasteiger partial charge in [0.15, 0.2) is 11.6 Å². The zero-order valence-corrected chi connectivity index (χ0v) is 15.0. The highest BCUT2D eigenvalue weighted by Gasteiger charge is 2.22. The molecule has 3 rings (SSSR count). The summed E-state index contributed by atoms with van der Waals surface area (Å²) in [4.78, 5) is 24.8. The van der Waals surface area contributed by atoms with Crippen molar-refractivity contribution < 1.29 is 27.8 Å². The molecule has 0 radical (unpaired) electrons. The summed E-state index contributed by atoms with van der Waals surface area (Å²) >= 11 is 0. The quantitative estimate of drug-likeness (QED) is 0.655. The standard InChI is InChI=1S/C20H17F2NO4/c1-11-14(10-19(24)27-3)15-9-13(26-2)5-7-18(15)23(11)20(25)12-4-6-16(21)17(22)8-12/h4-9H,10H2,1-3H3. The van der Waals surface area contributed by atoms with E-state index >= 15 is 0 Å². The number of carbonyl (C=O) groups excluding carboxylic acids is 2. The molecular formula is C20H17F2NO4. The molecule has 0 saturated heterocycles. The van der Waals surface area contributed by atoms with Crippen molar-refractivity contribution in [1.29, 1.82) is 0 Å². The predicted molar refractivity (Wildman–Crippen MR) is 95.0 cm³/mol. The lowest BCUT2D eigenvalue weighted by Crippen LogP contribution is -2.15. The minimum Gasteiger partial charge on any atom is -0.497 e. The van der Waals surface area contributed by atoms with Crippen LogP contribution in [-0.2, 0) is 16.0 Å². The van der Waals surface area contributed by atoms with Gasteiger partial charge >= 0.3 is 5.97 Å². The number of hydrogen-bond donors (Lipinski definition) is 0. The number of esters is 1. The first kappa shape index (κ1) is 18.6. The lowest BCUT2D eigenvalue weighted by Gasteiger charge is -2.08. The summed E-state index contributed by atoms with van der Waals surface area (Å²) in [7, 11) is 2.79. The van der Waals surface area contributed by atoms with Gasteiger partial charge in [-0.1, -0.05) is 0 Å². The Morgan fingerprint density at radius 3 is 2.41 bits per heavy atom. The summed E-state index contributed by atoms with van der Waals surface area (Å²) in [6.07, 6.45) is -0.0376. The number of aromatic nitrogens is 1. The van der Waals surface area contributed by atoms with Crippen LogP contribution in [-0.4, -0.2) is 30.7 Å². The normalized spacial score (nSPS) is 10.9. The second-order valence-electron chi connectivity index (χ2n) is 5.97. The summed E-state index contributed by atoms with van der Waals surface area (Å²) in [5.41, 5.74) is 1.64. The van der Waals surface area contributed by atoms with Gasteiger partial charge < -0.3 is 9.47 Å². The van der Waals surface area contributed by atoms with Crippen molar-refractivity contribution in [1.82, 2.24) is 4.57 Å². The summed E-state index contributed by atoms with van der Waals surface area (Å²) in [5, 5.41) is 0.646. The minimum absolute atomic E-state index is 0.00524. The number of ether oxygens (including phenoxy) is 2. The maximum atomic E-state index is 13.6. The molecule has 0 unspecified atom stereocenters. The van der Waals surface area contributed by atoms with Gasteiger partial charge in [0.1, 0.15) is 5.75 Å². The Kier molecular flexibility index (Phi) is 4.94. The van der Waals surface area contributed by atoms with Crippen molar-refractivity contribution in [3.63, 3.8) is 0 Å². The molecule has 0 saturated carbocycles. The van der Waals surface area contributed by atoms with E-state index in [2.05, 4.69) is 0 Å². The molecule has 140 valence electrons. The van der Waals surface area contributed by atoms with E-state index in [0.29, 0.717) is 27.9 Å². The summed E-state index contributed by atoms with van der Waals surface area (Å²) in [5.74, 6) is -2.56. The van der Waals surface area contributed by atoms with Crippen LogP contribution in [0.25, 0.3) is 10.9 Å². The van der Waals surface area contributed by atoms with Crippen LogP contribution in [0.1, 0.15) is 21.6 Å². The van der Waals surface area contributed by atoms with Crippen LogP contribution < -0.4 is 4.74 Å². The zero-order chi connectivity index (χ0) is 19.7. The second kappa shape index (κ2) is 7.19. The molecular weight excluding hydrogens is 356 g/mol. The molecule has 5 nitrogen and oxygen atoms in total. The predicted octanol–water partition coefficient (Wildman–Crippen LogP) is 3.64. The Bertz CT molecular complexity index is 1060. The fraction of sp³-hybridized carbons (Fsp3) is 0.200. The van der Waals surface area contributed by atoms with E-state index in [1.54, 1.807) is 25.1 Å². The molecule has 0 atom stereocenters. The van der Waals surface area contributed by atoms with E-state index in [-0.39, 0.29) is 12.0 Å². The molecule has 0 fully saturated rings. The number of carbonyl (C=O) groups is 2. The fourth-order valence-electron chi connectivity index (χ4n) is 3.05. The fourth-order valence-corrected chi connectivity index (χ4v) is 3.05. The number of methoxy groups -OCH3 is 2. The van der Waals surface area contributed by atoms with E-state index in [0.717, 1.165) is 12.1 Å². The Morgan fingerprint density at radius 1 is 1.04 bits per heavy atom. The van der Waals surface area contributed by atoms with Crippen LogP contribution in [0, 0.1) is 18.6 Å². The molecule has 0 bridgehead atoms. The van der Waals surface area contributed by atoms with E-state index in [1.165, 1.54) is 24.9 Å². The van der Waals surface area contributed by atoms with Crippen molar-refractivity contribution in [2.24, 2.45) is 0 Å². The number of hydrogen-bond acceptors (Lipinski definition) is 4. The smallest absolute Gasteiger partial charge is 0.310 e. The van der Waals surface area contributed by atoms with E-state index in [4.69, 9.17) is 9.47 Å². The average Bonchev–Trinajstić information content (AvgIpc) is 2.94. The van der Waals surface area contributed by atoms with Crippen LogP contribution in [0.3, 0.4) is 0 Å². The Labute approximate surface area is 154 Å². The summed E-state index contributed by atoms with van der Waals surface area (Å²) < 4.78 is 38.1. The zero-order valence-electron chi connectivity index (χ0n) is 15.0. The van der Waals surface area contributed by atoms with Gasteiger partial charge in [-0.2, -0.15) is 0 Å². The van der Waals surface area contributed by atoms with Gasteiger partial charge in [0.25, 0.3) is 5.91 Å². The highest BCUT2D eigenvalue weighted by molar-refractivity contribution is 6.05. The first-order chi connectivity index (χ1) is 12.9. The molecule has 2 aromatic carbocycles. The number of rotatable bonds is 4. The van der Waals surface area contributed by atoms with Gasteiger partial charge in [-0.3, -0.25) is 14.2 Å². The summed E-state index contributed by atoms with van der Waals surface area (Å²) in [6, 6.07) is 8.05. The van der Waals surface area contributed by atoms with Gasteiger partial charge in [0.05, 0.1) is 26.2 Å². The van der Waals surface area contributed by atoms with Crippen molar-refractivity contribution in [2.75, 3.05) is 14.2 Å². The Morgan fingerprint density at radius 2 is 1.78 bits per heavy atom. The highest BCUT2D eigenvalue weighted by atomic mass is 19.2. The molecule has 0 aliphatic heterocycles. The lowest BCUT2D eigenvalue weighted by molar-refractivity contribution is -0.139. The largest absolute Gasteiger partial charge is 0.497 e.